The van der Waals surface area contributed by atoms with Gasteiger partial charge in [0, 0.05) is 12.4 Å². The number of Topliss-reactive ketones (excluding diaryl/α,β-unsaturated/α-hetero) is 1. The van der Waals surface area contributed by atoms with E-state index in [-0.39, 0.29) is 5.78 Å². The van der Waals surface area contributed by atoms with Crippen molar-refractivity contribution in [3.05, 3.63) is 44.9 Å². The molecule has 2 atom stereocenters. The first-order valence-corrected chi connectivity index (χ1v) is 6.36. The Morgan fingerprint density at radius 2 is 1.92 bits per heavy atom. The molecule has 0 saturated heterocycles. The molecule has 24 heavy (non-hydrogen) atoms. The lowest BCUT2D eigenvalue weighted by atomic mass is 10.1. The number of nitrogens with two attached hydrogens (primary N) is 1. The molecular weight excluding hydrogens is 326 g/mol. The lowest BCUT2D eigenvalue weighted by molar-refractivity contribution is -0.147. The molecule has 12 heteroatoms. The van der Waals surface area contributed by atoms with E-state index in [1.165, 1.54) is 19.2 Å². The van der Waals surface area contributed by atoms with Gasteiger partial charge in [-0.3, -0.25) is 20.3 Å². The summed E-state index contributed by atoms with van der Waals surface area (Å²) in [6, 6.07) is -0.467. The van der Waals surface area contributed by atoms with E-state index in [0.717, 1.165) is 6.20 Å². The van der Waals surface area contributed by atoms with E-state index in [0.29, 0.717) is 0 Å². The molecule has 1 aromatic heterocycles. The second-order valence-corrected chi connectivity index (χ2v) is 4.63. The van der Waals surface area contributed by atoms with E-state index in [4.69, 9.17) is 15.9 Å². The average molecular weight is 341 g/mol. The number of aliphatic hydroxyl groups excluding tert-OH is 1. The van der Waals surface area contributed by atoms with Crippen LogP contribution in [0.1, 0.15) is 18.6 Å². The number of aliphatic carboxylic acids is 1. The molecule has 2 amide bonds. The van der Waals surface area contributed by atoms with Crippen LogP contribution < -0.4 is 27.6 Å². The fraction of sp³-hybridized carbons (Fsp3) is 0.250. The van der Waals surface area contributed by atoms with Gasteiger partial charge in [-0.2, -0.15) is 0 Å². The maximum absolute atomic E-state index is 10.9. The highest BCUT2D eigenvalue weighted by Crippen LogP contribution is 2.04. The number of H-pyrrole nitrogens is 2. The van der Waals surface area contributed by atoms with Crippen LogP contribution in [-0.4, -0.2) is 43.6 Å². The fourth-order valence-corrected chi connectivity index (χ4v) is 1.48. The number of carbonyl (C=O) groups excluding carboxylic acids is 2. The average Bonchev–Trinajstić information content (AvgIpc) is 2.47. The molecule has 0 aliphatic carbocycles. The number of aromatic nitrogens is 2. The molecule has 8 N–H and O–H groups in total. The Morgan fingerprint density at radius 1 is 1.29 bits per heavy atom. The Balaban J connectivity index is 0.000000243. The number of rotatable bonds is 3. The van der Waals surface area contributed by atoms with Gasteiger partial charge in [-0.25, -0.2) is 14.4 Å². The van der Waals surface area contributed by atoms with Crippen LogP contribution in [0.2, 0.25) is 0 Å². The molecule has 2 heterocycles. The van der Waals surface area contributed by atoms with Gasteiger partial charge in [0.15, 0.2) is 17.6 Å². The van der Waals surface area contributed by atoms with Crippen molar-refractivity contribution in [2.45, 2.75) is 18.7 Å². The zero-order valence-electron chi connectivity index (χ0n) is 12.3. The molecule has 0 radical (unpaired) electrons. The number of ketones is 1. The third-order valence-corrected chi connectivity index (χ3v) is 2.84. The predicted molar refractivity (Wildman–Crippen MR) is 78.7 cm³/mol. The van der Waals surface area contributed by atoms with Crippen molar-refractivity contribution in [2.75, 3.05) is 0 Å². The number of hydrogen-bond donors (Lipinski definition) is 7. The molecule has 1 aromatic rings. The van der Waals surface area contributed by atoms with Crippen molar-refractivity contribution >= 4 is 17.8 Å². The summed E-state index contributed by atoms with van der Waals surface area (Å²) in [4.78, 5) is 57.0. The van der Waals surface area contributed by atoms with E-state index in [1.54, 1.807) is 4.98 Å². The zero-order chi connectivity index (χ0) is 18.5. The Kier molecular flexibility index (Phi) is 5.75. The molecule has 0 bridgehead atoms. The molecule has 0 spiro atoms. The number of aliphatic hydroxyl groups is 1. The standard InChI is InChI=1S/C6H9N3O2.C6H6N2O5/c1-4(10)6(7)2-3-8-5(11)9-6;9-3(5(11)12)2-1-7-6(13)8-4(2)10/h2-3H,7H2,1H3,(H2,8,9,11);1,3,9H,(H,11,12)(H2,7,8,10,13). The summed E-state index contributed by atoms with van der Waals surface area (Å²) in [5.41, 5.74) is 2.07. The predicted octanol–water partition coefficient (Wildman–Crippen LogP) is -2.76. The Labute approximate surface area is 133 Å². The molecule has 2 rings (SSSR count). The number of carbonyl (C=O) groups is 3. The molecule has 130 valence electrons. The van der Waals surface area contributed by atoms with E-state index in [9.17, 15) is 24.0 Å². The summed E-state index contributed by atoms with van der Waals surface area (Å²) >= 11 is 0. The van der Waals surface area contributed by atoms with Crippen molar-refractivity contribution in [3.63, 3.8) is 0 Å². The SMILES string of the molecule is CC(=O)C1(N)C=CNC(=O)N1.O=C(O)C(O)c1c[nH]c(=O)[nH]c1=O. The molecule has 0 aromatic carbocycles. The van der Waals surface area contributed by atoms with Crippen LogP contribution in [0.5, 0.6) is 0 Å². The van der Waals surface area contributed by atoms with Crippen molar-refractivity contribution < 1.29 is 24.6 Å². The molecule has 12 nitrogen and oxygen atoms in total. The monoisotopic (exact) mass is 341 g/mol. The van der Waals surface area contributed by atoms with E-state index < -0.39 is 40.6 Å². The van der Waals surface area contributed by atoms with Crippen LogP contribution in [0.25, 0.3) is 0 Å². The van der Waals surface area contributed by atoms with Crippen molar-refractivity contribution in [3.8, 4) is 0 Å². The van der Waals surface area contributed by atoms with E-state index >= 15 is 0 Å². The van der Waals surface area contributed by atoms with Gasteiger partial charge in [0.25, 0.3) is 5.56 Å². The minimum absolute atomic E-state index is 0.302. The van der Waals surface area contributed by atoms with Crippen molar-refractivity contribution in [1.29, 1.82) is 0 Å². The van der Waals surface area contributed by atoms with E-state index in [2.05, 4.69) is 10.6 Å². The maximum atomic E-state index is 10.9. The van der Waals surface area contributed by atoms with E-state index in [1.807, 2.05) is 4.98 Å². The first-order chi connectivity index (χ1) is 11.1. The van der Waals surface area contributed by atoms with Gasteiger partial charge in [-0.15, -0.1) is 0 Å². The minimum atomic E-state index is -1.93. The topological polar surface area (TPSA) is 207 Å². The van der Waals surface area contributed by atoms with Crippen LogP contribution in [0.4, 0.5) is 4.79 Å². The largest absolute Gasteiger partial charge is 0.479 e. The minimum Gasteiger partial charge on any atom is -0.479 e. The number of carboxylic acids is 1. The molecule has 1 aliphatic heterocycles. The summed E-state index contributed by atoms with van der Waals surface area (Å²) in [7, 11) is 0. The zero-order valence-corrected chi connectivity index (χ0v) is 12.3. The second-order valence-electron chi connectivity index (χ2n) is 4.63. The first kappa shape index (κ1) is 18.8. The normalized spacial score (nSPS) is 20.0. The summed E-state index contributed by atoms with van der Waals surface area (Å²) in [5, 5.41) is 21.9. The maximum Gasteiger partial charge on any atom is 0.337 e. The Morgan fingerprint density at radius 3 is 2.33 bits per heavy atom. The van der Waals surface area contributed by atoms with Gasteiger partial charge in [0.05, 0.1) is 5.56 Å². The number of nitrogens with one attached hydrogen (secondary N) is 4. The van der Waals surface area contributed by atoms with Gasteiger partial charge >= 0.3 is 17.7 Å². The number of aromatic amines is 2. The third kappa shape index (κ3) is 4.62. The third-order valence-electron chi connectivity index (χ3n) is 2.84. The summed E-state index contributed by atoms with van der Waals surface area (Å²) < 4.78 is 0. The van der Waals surface area contributed by atoms with Crippen molar-refractivity contribution in [1.82, 2.24) is 20.6 Å². The lowest BCUT2D eigenvalue weighted by Gasteiger charge is -2.26. The Hall–Kier alpha value is -3.25. The summed E-state index contributed by atoms with van der Waals surface area (Å²) in [6.45, 7) is 1.32. The Bertz CT molecular complexity index is 795. The lowest BCUT2D eigenvalue weighted by Crippen LogP contribution is -2.63. The number of amides is 2. The number of hydrogen-bond acceptors (Lipinski definition) is 7. The number of carboxylic acid groups (broad SMARTS) is 1. The van der Waals surface area contributed by atoms with Crippen LogP contribution in [0.3, 0.4) is 0 Å². The molecule has 1 aliphatic rings. The van der Waals surface area contributed by atoms with Gasteiger partial charge in [-0.1, -0.05) is 0 Å². The first-order valence-electron chi connectivity index (χ1n) is 6.36. The van der Waals surface area contributed by atoms with Crippen LogP contribution >= 0.6 is 0 Å². The molecule has 0 fully saturated rings. The second kappa shape index (κ2) is 7.34. The quantitative estimate of drug-likeness (QED) is 0.305. The van der Waals surface area contributed by atoms with Crippen LogP contribution in [0.15, 0.2) is 28.1 Å². The fourth-order valence-electron chi connectivity index (χ4n) is 1.48. The molecule has 2 unspecified atom stereocenters. The number of urea groups is 1. The summed E-state index contributed by atoms with van der Waals surface area (Å²) in [6.07, 6.45) is 1.68. The summed E-state index contributed by atoms with van der Waals surface area (Å²) in [5.74, 6) is -1.86. The highest BCUT2D eigenvalue weighted by atomic mass is 16.4. The van der Waals surface area contributed by atoms with Gasteiger partial charge in [0.2, 0.25) is 0 Å². The highest BCUT2D eigenvalue weighted by molar-refractivity contribution is 5.93. The van der Waals surface area contributed by atoms with Gasteiger partial charge in [-0.05, 0) is 13.0 Å². The van der Waals surface area contributed by atoms with Gasteiger partial charge < -0.3 is 25.8 Å². The van der Waals surface area contributed by atoms with Crippen molar-refractivity contribution in [2.24, 2.45) is 5.73 Å². The highest BCUT2D eigenvalue weighted by Gasteiger charge is 2.31. The van der Waals surface area contributed by atoms with Crippen LogP contribution in [0, 0.1) is 0 Å². The smallest absolute Gasteiger partial charge is 0.337 e. The van der Waals surface area contributed by atoms with Crippen LogP contribution in [-0.2, 0) is 9.59 Å². The molecule has 0 saturated carbocycles. The van der Waals surface area contributed by atoms with Gasteiger partial charge in [0.1, 0.15) is 0 Å². The molecular formula is C12H15N5O7.